The maximum atomic E-state index is 11.9. The lowest BCUT2D eigenvalue weighted by Crippen LogP contribution is -2.68. The summed E-state index contributed by atoms with van der Waals surface area (Å²) in [6, 6.07) is 0. The number of aliphatic hydroxyl groups excluding tert-OH is 23. The fourth-order valence-corrected chi connectivity index (χ4v) is 12.1. The van der Waals surface area contributed by atoms with Crippen LogP contribution in [-0.2, 0) is 75.8 Å². The van der Waals surface area contributed by atoms with Crippen LogP contribution in [0.2, 0.25) is 0 Å². The van der Waals surface area contributed by atoms with Crippen LogP contribution in [0.5, 0.6) is 0 Å². The molecule has 22 saturated heterocycles. The maximum absolute atomic E-state index is 11.9. The van der Waals surface area contributed by atoms with Crippen LogP contribution in [0.15, 0.2) is 0 Å². The largest absolute Gasteiger partial charge is 0.394 e. The minimum atomic E-state index is -2.28. The van der Waals surface area contributed by atoms with Crippen LogP contribution in [-0.4, -0.2) is 423 Å². The molecule has 22 heterocycles. The SMILES string of the molecule is CO[C@H]1O[C@H](CNC[C@H]2O[C@@H]3O[C@H]4[C@H](O)[C@H](O)[C@@H](O[C@H]5[C@H](O)[C@H](O)[C@@H](O[C@H]6[C@H](O)[C@@H](O)[C@@H](O[C@H]7[C@H](O)[C@@H](O)[C@@H](O[C@H]8[C@H](O)[C@@H](O)[C@@H](O[C@H]9[C@H](O)[C@@H](O)[C@@H](O[C@H]2[C@H](O)[C@H]3O)O[C@@H]9CO)O[C@@H]8CO)O[C@@H]7CO)O[C@@H]6CO)O[C@@H]5CO)O[C@@H]4CO)[C@H](O)[C@H](O)[C@H]1O. The lowest BCUT2D eigenvalue weighted by Gasteiger charge is -2.50. The number of ether oxygens (including phenoxy) is 16. The van der Waals surface area contributed by atoms with E-state index in [4.69, 9.17) is 75.8 Å². The van der Waals surface area contributed by atoms with Crippen molar-refractivity contribution in [1.29, 1.82) is 0 Å². The number of nitrogens with one attached hydrogen (secondary N) is 1. The van der Waals surface area contributed by atoms with Crippen molar-refractivity contribution >= 4 is 0 Å². The van der Waals surface area contributed by atoms with Gasteiger partial charge in [0.2, 0.25) is 0 Å². The summed E-state index contributed by atoms with van der Waals surface area (Å²) >= 11 is 0. The van der Waals surface area contributed by atoms with E-state index in [-0.39, 0.29) is 0 Å². The van der Waals surface area contributed by atoms with Crippen LogP contribution in [0.3, 0.4) is 0 Å². The molecule has 0 aromatic heterocycles. The molecule has 22 rings (SSSR count). The normalized spacial score (nSPS) is 54.7. The second-order valence-electron chi connectivity index (χ2n) is 22.9. The van der Waals surface area contributed by atoms with E-state index in [0.29, 0.717) is 0 Å². The van der Waals surface area contributed by atoms with Gasteiger partial charge in [0.05, 0.1) is 39.6 Å². The maximum Gasteiger partial charge on any atom is 0.187 e. The third-order valence-electron chi connectivity index (χ3n) is 17.2. The van der Waals surface area contributed by atoms with Gasteiger partial charge < -0.3 is 199 Å². The molecule has 22 fully saturated rings. The van der Waals surface area contributed by atoms with Gasteiger partial charge in [-0.15, -0.1) is 0 Å². The van der Waals surface area contributed by atoms with Gasteiger partial charge in [-0.3, -0.25) is 0 Å². The molecule has 0 radical (unpaired) electrons. The second kappa shape index (κ2) is 30.6. The average molecular weight is 1310 g/mol. The van der Waals surface area contributed by atoms with Crippen molar-refractivity contribution in [2.24, 2.45) is 0 Å². The standard InChI is InChI=1S/C49H83NO39/c1-74-42-27(66)19(58)18(57)10(75-42)2-50-3-11-35-20(59)28(67)43(76-11)84-36-12(4-51)78-45(30(69)22(36)61)86-38-14(6-53)80-47(32(71)24(38)63)88-40-16(8-55)82-49(34(73)26(40)65)89-41-17(9-56)81-48(33(72)25(41)64)87-39-15(7-54)79-46(31(70)23(39)62)85-37-13(5-52)77-44(83-35)29(68)21(37)60/h10-73H,2-9H2,1H3/t10-,11-,12-,13-,14-,15-,16-,17-,18+,19+,20-,21-,22-,23-,24-,25-,26-,27-,28-,29-,30+,31-,32+,33-,34-,35-,36-,37-,38-,39-,40-,41-,42+,43-,44-,45-,46-,47-,48-,49-/m1/s1. The van der Waals surface area contributed by atoms with E-state index < -0.39 is 298 Å². The first-order valence-electron chi connectivity index (χ1n) is 28.6. The first kappa shape index (κ1) is 71.7. The zero-order valence-electron chi connectivity index (χ0n) is 47.1. The summed E-state index contributed by atoms with van der Waals surface area (Å²) in [6.07, 6.45) is -79.8. The number of rotatable bonds is 11. The molecule has 40 heteroatoms. The van der Waals surface area contributed by atoms with E-state index in [1.54, 1.807) is 0 Å². The summed E-state index contributed by atoms with van der Waals surface area (Å²) in [7, 11) is 1.14. The summed E-state index contributed by atoms with van der Waals surface area (Å²) in [4.78, 5) is 0. The summed E-state index contributed by atoms with van der Waals surface area (Å²) < 4.78 is 91.7. The first-order valence-corrected chi connectivity index (χ1v) is 28.6. The van der Waals surface area contributed by atoms with Gasteiger partial charge in [-0.05, 0) is 0 Å². The van der Waals surface area contributed by atoms with E-state index in [1.165, 1.54) is 0 Å². The van der Waals surface area contributed by atoms with Crippen molar-refractivity contribution in [3.63, 3.8) is 0 Å². The third kappa shape index (κ3) is 14.4. The molecule has 14 bridgehead atoms. The molecule has 0 spiro atoms. The molecule has 0 aromatic carbocycles. The zero-order valence-corrected chi connectivity index (χ0v) is 47.1. The Morgan fingerprint density at radius 2 is 0.427 bits per heavy atom. The van der Waals surface area contributed by atoms with Crippen molar-refractivity contribution in [1.82, 2.24) is 5.32 Å². The van der Waals surface area contributed by atoms with Gasteiger partial charge in [0.25, 0.3) is 0 Å². The van der Waals surface area contributed by atoms with Crippen molar-refractivity contribution in [3.05, 3.63) is 0 Å². The highest BCUT2D eigenvalue weighted by Crippen LogP contribution is 2.39. The van der Waals surface area contributed by atoms with Crippen molar-refractivity contribution in [3.8, 4) is 0 Å². The highest BCUT2D eigenvalue weighted by molar-refractivity contribution is 5.02. The molecule has 0 unspecified atom stereocenters. The predicted molar refractivity (Wildman–Crippen MR) is 268 cm³/mol. The Hall–Kier alpha value is -1.60. The Bertz CT molecular complexity index is 2160. The van der Waals surface area contributed by atoms with Crippen LogP contribution >= 0.6 is 0 Å². The van der Waals surface area contributed by atoms with E-state index in [2.05, 4.69) is 5.32 Å². The van der Waals surface area contributed by atoms with E-state index in [9.17, 15) is 117 Å². The first-order chi connectivity index (χ1) is 42.4. The summed E-state index contributed by atoms with van der Waals surface area (Å²) in [5, 5.41) is 258. The molecule has 89 heavy (non-hydrogen) atoms. The van der Waals surface area contributed by atoms with Gasteiger partial charge in [0.15, 0.2) is 50.3 Å². The lowest BCUT2D eigenvalue weighted by atomic mass is 9.95. The quantitative estimate of drug-likeness (QED) is 0.0913. The van der Waals surface area contributed by atoms with Gasteiger partial charge in [0.1, 0.15) is 195 Å². The van der Waals surface area contributed by atoms with Crippen molar-refractivity contribution in [2.75, 3.05) is 59.8 Å². The topological polar surface area (TPSA) is 625 Å². The Labute approximate surface area is 503 Å². The molecule has 22 aliphatic heterocycles. The lowest BCUT2D eigenvalue weighted by molar-refractivity contribution is -0.396. The van der Waals surface area contributed by atoms with Gasteiger partial charge in [-0.25, -0.2) is 0 Å². The van der Waals surface area contributed by atoms with Gasteiger partial charge in [0, 0.05) is 20.2 Å². The Kier molecular flexibility index (Phi) is 24.7. The monoisotopic (exact) mass is 1310 g/mol. The van der Waals surface area contributed by atoms with Gasteiger partial charge in [-0.2, -0.15) is 0 Å². The van der Waals surface area contributed by atoms with Crippen LogP contribution in [0.1, 0.15) is 0 Å². The van der Waals surface area contributed by atoms with Crippen molar-refractivity contribution in [2.45, 2.75) is 246 Å². The summed E-state index contributed by atoms with van der Waals surface area (Å²) in [5.74, 6) is 0. The number of methoxy groups -OCH3 is 1. The van der Waals surface area contributed by atoms with Crippen LogP contribution in [0, 0.1) is 0 Å². The third-order valence-corrected chi connectivity index (χ3v) is 17.2. The Morgan fingerprint density at radius 1 is 0.225 bits per heavy atom. The molecule has 40 nitrogen and oxygen atoms in total. The van der Waals surface area contributed by atoms with Crippen molar-refractivity contribution < 1.29 is 193 Å². The Balaban J connectivity index is 1.01. The van der Waals surface area contributed by atoms with Gasteiger partial charge >= 0.3 is 0 Å². The van der Waals surface area contributed by atoms with E-state index >= 15 is 0 Å². The van der Waals surface area contributed by atoms with Crippen LogP contribution < -0.4 is 5.32 Å². The van der Waals surface area contributed by atoms with E-state index in [1.807, 2.05) is 0 Å². The molecule has 22 aliphatic rings. The number of aliphatic hydroxyl groups is 23. The summed E-state index contributed by atoms with van der Waals surface area (Å²) in [6.45, 7) is -7.45. The predicted octanol–water partition coefficient (Wildman–Crippen LogP) is -17.2. The minimum Gasteiger partial charge on any atom is -0.394 e. The van der Waals surface area contributed by atoms with Gasteiger partial charge in [-0.1, -0.05) is 0 Å². The van der Waals surface area contributed by atoms with E-state index in [0.717, 1.165) is 7.11 Å². The molecule has 40 atom stereocenters. The Morgan fingerprint density at radius 3 is 0.640 bits per heavy atom. The average Bonchev–Trinajstić information content (AvgIpc) is 2.63. The molecule has 24 N–H and O–H groups in total. The molecule has 0 aromatic rings. The van der Waals surface area contributed by atoms with Crippen LogP contribution in [0.4, 0.5) is 0 Å². The number of hydrogen-bond donors (Lipinski definition) is 24. The zero-order chi connectivity index (χ0) is 64.8. The highest BCUT2D eigenvalue weighted by Gasteiger charge is 2.60. The fourth-order valence-electron chi connectivity index (χ4n) is 12.1. The molecular formula is C49H83NO39. The molecular weight excluding hydrogens is 1230 g/mol. The minimum absolute atomic E-state index is 0.410. The summed E-state index contributed by atoms with van der Waals surface area (Å²) in [5.41, 5.74) is 0. The molecule has 0 amide bonds. The molecule has 518 valence electrons. The number of hydrogen-bond acceptors (Lipinski definition) is 40. The smallest absolute Gasteiger partial charge is 0.187 e. The fraction of sp³-hybridized carbons (Fsp3) is 1.00. The molecule has 0 saturated carbocycles. The second-order valence-corrected chi connectivity index (χ2v) is 22.9. The molecule has 0 aliphatic carbocycles. The highest BCUT2D eigenvalue weighted by atomic mass is 16.8. The van der Waals surface area contributed by atoms with Crippen LogP contribution in [0.25, 0.3) is 0 Å².